The molecule has 1 atom stereocenters. The number of ether oxygens (including phenoxy) is 2. The van der Waals surface area contributed by atoms with Gasteiger partial charge in [-0.1, -0.05) is 0 Å². The Hall–Kier alpha value is -3.34. The third kappa shape index (κ3) is 10.1. The van der Waals surface area contributed by atoms with Crippen LogP contribution in [0.3, 0.4) is 0 Å². The second-order valence-electron chi connectivity index (χ2n) is 7.17. The number of allylic oxidation sites excluding steroid dienone is 1. The van der Waals surface area contributed by atoms with Crippen molar-refractivity contribution in [2.45, 2.75) is 51.5 Å². The number of amides is 2. The van der Waals surface area contributed by atoms with Gasteiger partial charge in [0.25, 0.3) is 5.91 Å². The highest BCUT2D eigenvalue weighted by Crippen LogP contribution is 2.17. The van der Waals surface area contributed by atoms with Gasteiger partial charge in [0, 0.05) is 17.0 Å². The van der Waals surface area contributed by atoms with Crippen molar-refractivity contribution < 1.29 is 28.7 Å². The van der Waals surface area contributed by atoms with Crippen LogP contribution in [0.5, 0.6) is 0 Å². The molecule has 10 nitrogen and oxygen atoms in total. The number of hydrogen-bond donors (Lipinski definition) is 4. The SMILES string of the molecule is CCOC(=O)CCC(NC(=O)CNC(=O)/C(C(C)=Nc1ccc(S)cc1)=C(\C)N)C(=O)OCC. The molecule has 0 aliphatic rings. The predicted octanol–water partition coefficient (Wildman–Crippen LogP) is 1.81. The molecule has 186 valence electrons. The molecule has 0 heterocycles. The molecule has 1 aromatic rings. The van der Waals surface area contributed by atoms with E-state index >= 15 is 0 Å². The van der Waals surface area contributed by atoms with Crippen LogP contribution in [0.15, 0.2) is 45.4 Å². The molecule has 0 radical (unpaired) electrons. The van der Waals surface area contributed by atoms with E-state index < -0.39 is 36.3 Å². The molecule has 0 spiro atoms. The van der Waals surface area contributed by atoms with E-state index in [4.69, 9.17) is 15.2 Å². The molecule has 1 rings (SSSR count). The second kappa shape index (κ2) is 14.7. The number of nitrogens with one attached hydrogen (secondary N) is 2. The molecule has 0 fully saturated rings. The third-order valence-electron chi connectivity index (χ3n) is 4.39. The number of esters is 2. The number of aliphatic imine (C=N–C) groups is 1. The number of thiol groups is 1. The van der Waals surface area contributed by atoms with Crippen molar-refractivity contribution >= 4 is 47.8 Å². The molecule has 0 bridgehead atoms. The van der Waals surface area contributed by atoms with Crippen molar-refractivity contribution in [2.24, 2.45) is 10.7 Å². The fourth-order valence-electron chi connectivity index (χ4n) is 2.89. The van der Waals surface area contributed by atoms with Gasteiger partial charge in [0.2, 0.25) is 5.91 Å². The quantitative estimate of drug-likeness (QED) is 0.150. The summed E-state index contributed by atoms with van der Waals surface area (Å²) in [7, 11) is 0. The predicted molar refractivity (Wildman–Crippen MR) is 131 cm³/mol. The molecule has 0 aromatic heterocycles. The third-order valence-corrected chi connectivity index (χ3v) is 4.69. The second-order valence-corrected chi connectivity index (χ2v) is 7.69. The van der Waals surface area contributed by atoms with E-state index in [1.807, 2.05) is 0 Å². The highest BCUT2D eigenvalue weighted by Gasteiger charge is 2.24. The van der Waals surface area contributed by atoms with Gasteiger partial charge in [0.05, 0.1) is 36.7 Å². The molecule has 0 saturated carbocycles. The minimum atomic E-state index is -1.06. The van der Waals surface area contributed by atoms with Gasteiger partial charge in [-0.3, -0.25) is 19.4 Å². The maximum Gasteiger partial charge on any atom is 0.328 e. The van der Waals surface area contributed by atoms with Gasteiger partial charge in [0.15, 0.2) is 0 Å². The first-order chi connectivity index (χ1) is 16.1. The van der Waals surface area contributed by atoms with Gasteiger partial charge in [-0.25, -0.2) is 4.79 Å². The van der Waals surface area contributed by atoms with Crippen LogP contribution < -0.4 is 16.4 Å². The zero-order chi connectivity index (χ0) is 25.7. The molecular formula is C23H32N4O6S. The summed E-state index contributed by atoms with van der Waals surface area (Å²) >= 11 is 4.22. The standard InChI is InChI=1S/C23H32N4O6S/c1-5-32-20(29)12-11-18(23(31)33-6-2)27-19(28)13-25-22(30)21(14(3)24)15(4)26-16-7-9-17(34)10-8-16/h7-10,18,34H,5-6,11-13,24H2,1-4H3,(H,25,30)(H,27,28)/b21-14+,26-15?. The number of hydrogen-bond acceptors (Lipinski definition) is 9. The van der Waals surface area contributed by atoms with Gasteiger partial charge in [-0.2, -0.15) is 0 Å². The van der Waals surface area contributed by atoms with Gasteiger partial charge in [0.1, 0.15) is 6.04 Å². The Labute approximate surface area is 204 Å². The summed E-state index contributed by atoms with van der Waals surface area (Å²) in [5.41, 5.74) is 7.22. The highest BCUT2D eigenvalue weighted by molar-refractivity contribution is 7.80. The monoisotopic (exact) mass is 492 g/mol. The smallest absolute Gasteiger partial charge is 0.328 e. The zero-order valence-electron chi connectivity index (χ0n) is 19.8. The number of rotatable bonds is 12. The molecule has 1 unspecified atom stereocenters. The average molecular weight is 493 g/mol. The first kappa shape index (κ1) is 28.7. The summed E-state index contributed by atoms with van der Waals surface area (Å²) in [5.74, 6) is -2.41. The summed E-state index contributed by atoms with van der Waals surface area (Å²) in [6.45, 7) is 6.38. The lowest BCUT2D eigenvalue weighted by Gasteiger charge is -2.17. The summed E-state index contributed by atoms with van der Waals surface area (Å²) in [4.78, 5) is 54.0. The van der Waals surface area contributed by atoms with Crippen LogP contribution in [-0.2, 0) is 28.7 Å². The van der Waals surface area contributed by atoms with Gasteiger partial charge in [-0.05, 0) is 58.4 Å². The van der Waals surface area contributed by atoms with E-state index in [1.54, 1.807) is 52.0 Å². The van der Waals surface area contributed by atoms with Crippen LogP contribution in [0.2, 0.25) is 0 Å². The summed E-state index contributed by atoms with van der Waals surface area (Å²) in [6.07, 6.45) is -0.0751. The first-order valence-corrected chi connectivity index (χ1v) is 11.2. The lowest BCUT2D eigenvalue weighted by atomic mass is 10.1. The summed E-state index contributed by atoms with van der Waals surface area (Å²) in [5, 5.41) is 4.95. The first-order valence-electron chi connectivity index (χ1n) is 10.8. The Morgan fingerprint density at radius 2 is 1.68 bits per heavy atom. The van der Waals surface area contributed by atoms with Crippen molar-refractivity contribution in [3.63, 3.8) is 0 Å². The van der Waals surface area contributed by atoms with Crippen molar-refractivity contribution in [1.82, 2.24) is 10.6 Å². The van der Waals surface area contributed by atoms with E-state index in [0.29, 0.717) is 11.4 Å². The Balaban J connectivity index is 2.80. The lowest BCUT2D eigenvalue weighted by Crippen LogP contribution is -2.47. The summed E-state index contributed by atoms with van der Waals surface area (Å²) < 4.78 is 9.79. The van der Waals surface area contributed by atoms with Gasteiger partial charge < -0.3 is 25.8 Å². The molecule has 4 N–H and O–H groups in total. The van der Waals surface area contributed by atoms with Gasteiger partial charge >= 0.3 is 11.9 Å². The fraction of sp³-hybridized carbons (Fsp3) is 0.435. The number of benzene rings is 1. The van der Waals surface area contributed by atoms with Crippen LogP contribution in [-0.4, -0.2) is 55.3 Å². The zero-order valence-corrected chi connectivity index (χ0v) is 20.7. The van der Waals surface area contributed by atoms with Crippen molar-refractivity contribution in [2.75, 3.05) is 19.8 Å². The van der Waals surface area contributed by atoms with Crippen molar-refractivity contribution in [3.05, 3.63) is 35.5 Å². The fourth-order valence-corrected chi connectivity index (χ4v) is 3.04. The Kier molecular flexibility index (Phi) is 12.4. The maximum absolute atomic E-state index is 12.7. The minimum Gasteiger partial charge on any atom is -0.466 e. The molecule has 0 aliphatic heterocycles. The molecule has 11 heteroatoms. The Morgan fingerprint density at radius 3 is 2.24 bits per heavy atom. The summed E-state index contributed by atoms with van der Waals surface area (Å²) in [6, 6.07) is 5.96. The van der Waals surface area contributed by atoms with E-state index in [2.05, 4.69) is 28.3 Å². The van der Waals surface area contributed by atoms with E-state index in [9.17, 15) is 19.2 Å². The number of nitrogens with two attached hydrogens (primary N) is 1. The number of carbonyl (C=O) groups is 4. The normalized spacial score (nSPS) is 12.8. The molecule has 1 aromatic carbocycles. The van der Waals surface area contributed by atoms with Crippen molar-refractivity contribution in [3.8, 4) is 0 Å². The topological polar surface area (TPSA) is 149 Å². The van der Waals surface area contributed by atoms with Crippen LogP contribution in [0.1, 0.15) is 40.5 Å². The van der Waals surface area contributed by atoms with Crippen molar-refractivity contribution in [1.29, 1.82) is 0 Å². The molecule has 34 heavy (non-hydrogen) atoms. The van der Waals surface area contributed by atoms with E-state index in [-0.39, 0.29) is 37.3 Å². The molecule has 0 saturated heterocycles. The maximum atomic E-state index is 12.7. The highest BCUT2D eigenvalue weighted by atomic mass is 32.1. The lowest BCUT2D eigenvalue weighted by molar-refractivity contribution is -0.148. The van der Waals surface area contributed by atoms with E-state index in [1.165, 1.54) is 0 Å². The number of carbonyl (C=O) groups excluding carboxylic acids is 4. The van der Waals surface area contributed by atoms with Crippen LogP contribution in [0.4, 0.5) is 5.69 Å². The molecular weight excluding hydrogens is 460 g/mol. The van der Waals surface area contributed by atoms with Crippen LogP contribution in [0, 0.1) is 0 Å². The average Bonchev–Trinajstić information content (AvgIpc) is 2.77. The minimum absolute atomic E-state index is 0.00124. The molecule has 0 aliphatic carbocycles. The van der Waals surface area contributed by atoms with Gasteiger partial charge in [-0.15, -0.1) is 12.6 Å². The Bertz CT molecular complexity index is 939. The Morgan fingerprint density at radius 1 is 1.06 bits per heavy atom. The number of nitrogens with zero attached hydrogens (tertiary/aromatic N) is 1. The van der Waals surface area contributed by atoms with Crippen LogP contribution in [0.25, 0.3) is 0 Å². The van der Waals surface area contributed by atoms with Crippen LogP contribution >= 0.6 is 12.6 Å². The molecule has 2 amide bonds. The largest absolute Gasteiger partial charge is 0.466 e. The van der Waals surface area contributed by atoms with E-state index in [0.717, 1.165) is 4.90 Å².